The molecule has 2 aliphatic heterocycles. The molecule has 1 fully saturated rings. The summed E-state index contributed by atoms with van der Waals surface area (Å²) in [5, 5.41) is 5.50. The molecule has 1 atom stereocenters. The molecule has 5 rings (SSSR count). The molecule has 0 spiro atoms. The summed E-state index contributed by atoms with van der Waals surface area (Å²) in [5.74, 6) is -0.409. The lowest BCUT2D eigenvalue weighted by Crippen LogP contribution is -2.32. The van der Waals surface area contributed by atoms with E-state index in [1.807, 2.05) is 6.92 Å². The maximum Gasteiger partial charge on any atom is 0.338 e. The van der Waals surface area contributed by atoms with E-state index in [1.54, 1.807) is 16.8 Å². The molecule has 0 aliphatic carbocycles. The van der Waals surface area contributed by atoms with Crippen LogP contribution in [0.3, 0.4) is 0 Å². The molecule has 194 valence electrons. The van der Waals surface area contributed by atoms with Crippen molar-refractivity contribution in [1.82, 2.24) is 14.5 Å². The highest BCUT2D eigenvalue weighted by Crippen LogP contribution is 2.56. The van der Waals surface area contributed by atoms with Gasteiger partial charge in [0.1, 0.15) is 23.5 Å². The number of benzene rings is 2. The highest BCUT2D eigenvalue weighted by Gasteiger charge is 2.41. The molecule has 0 radical (unpaired) electrons. The van der Waals surface area contributed by atoms with Crippen LogP contribution >= 0.6 is 6.42 Å². The Morgan fingerprint density at radius 2 is 1.65 bits per heavy atom. The SMILES string of the molecule is Cc1nn(CCOC(=O)c2ccc(F)cc2)c2c1P(=S)(N1CCCCCC1)OC(c1ccc(F)cc1)=N2. The summed E-state index contributed by atoms with van der Waals surface area (Å²) in [7, 11) is 0. The van der Waals surface area contributed by atoms with Gasteiger partial charge >= 0.3 is 5.97 Å². The number of nitrogens with zero attached hydrogens (tertiary/aromatic N) is 4. The van der Waals surface area contributed by atoms with Crippen molar-refractivity contribution in [2.24, 2.45) is 4.99 Å². The molecule has 1 unspecified atom stereocenters. The number of aromatic nitrogens is 2. The Balaban J connectivity index is 1.46. The first kappa shape index (κ1) is 25.7. The van der Waals surface area contributed by atoms with Crippen molar-refractivity contribution in [3.8, 4) is 0 Å². The van der Waals surface area contributed by atoms with E-state index in [9.17, 15) is 13.6 Å². The molecule has 0 N–H and O–H groups in total. The summed E-state index contributed by atoms with van der Waals surface area (Å²) < 4.78 is 42.7. The highest BCUT2D eigenvalue weighted by atomic mass is 32.4. The predicted octanol–water partition coefficient (Wildman–Crippen LogP) is 5.25. The van der Waals surface area contributed by atoms with E-state index in [0.29, 0.717) is 17.3 Å². The first-order valence-corrected chi connectivity index (χ1v) is 14.9. The molecule has 3 heterocycles. The number of hydrogen-bond donors (Lipinski definition) is 0. The van der Waals surface area contributed by atoms with Gasteiger partial charge in [0.15, 0.2) is 5.82 Å². The molecule has 7 nitrogen and oxygen atoms in total. The quantitative estimate of drug-likeness (QED) is 0.312. The summed E-state index contributed by atoms with van der Waals surface area (Å²) in [6.45, 7) is 3.83. The lowest BCUT2D eigenvalue weighted by Gasteiger charge is -2.36. The van der Waals surface area contributed by atoms with Crippen LogP contribution in [0.5, 0.6) is 0 Å². The third kappa shape index (κ3) is 5.37. The van der Waals surface area contributed by atoms with Crippen molar-refractivity contribution in [2.75, 3.05) is 19.7 Å². The molecule has 11 heteroatoms. The van der Waals surface area contributed by atoms with Gasteiger partial charge in [0.05, 0.1) is 17.8 Å². The van der Waals surface area contributed by atoms with Gasteiger partial charge in [-0.25, -0.2) is 22.9 Å². The first-order valence-electron chi connectivity index (χ1n) is 12.3. The lowest BCUT2D eigenvalue weighted by atomic mass is 10.2. The molecular formula is C26H27F2N4O3PS. The van der Waals surface area contributed by atoms with Crippen LogP contribution in [0.1, 0.15) is 47.3 Å². The summed E-state index contributed by atoms with van der Waals surface area (Å²) >= 11 is 6.31. The van der Waals surface area contributed by atoms with E-state index in [-0.39, 0.29) is 24.5 Å². The average Bonchev–Trinajstić information content (AvgIpc) is 3.04. The van der Waals surface area contributed by atoms with E-state index >= 15 is 0 Å². The minimum absolute atomic E-state index is 0.0403. The molecule has 0 amide bonds. The maximum atomic E-state index is 13.6. The van der Waals surface area contributed by atoms with Gasteiger partial charge < -0.3 is 9.26 Å². The minimum atomic E-state index is -2.75. The smallest absolute Gasteiger partial charge is 0.338 e. The number of fused-ring (bicyclic) bond motifs is 1. The van der Waals surface area contributed by atoms with Crippen LogP contribution in [-0.4, -0.2) is 46.0 Å². The third-order valence-corrected chi connectivity index (χ3v) is 10.6. The largest absolute Gasteiger partial charge is 0.460 e. The van der Waals surface area contributed by atoms with Crippen LogP contribution in [0, 0.1) is 18.6 Å². The molecule has 2 aliphatic rings. The Morgan fingerprint density at radius 3 is 2.30 bits per heavy atom. The Bertz CT molecular complexity index is 1370. The van der Waals surface area contributed by atoms with Gasteiger partial charge in [-0.3, -0.25) is 0 Å². The number of aliphatic imine (C=N–C) groups is 1. The van der Waals surface area contributed by atoms with E-state index in [1.165, 1.54) is 36.4 Å². The number of rotatable bonds is 6. The van der Waals surface area contributed by atoms with Crippen molar-refractivity contribution in [1.29, 1.82) is 0 Å². The fourth-order valence-corrected chi connectivity index (χ4v) is 8.45. The molecule has 0 bridgehead atoms. The highest BCUT2D eigenvalue weighted by molar-refractivity contribution is 8.15. The standard InChI is InChI=1S/C26H27F2N4O3PS/c1-18-23-24(32(30-18)16-17-34-26(33)20-8-12-22(28)13-9-20)29-25(19-6-10-21(27)11-7-19)35-36(23,37)31-14-4-2-3-5-15-31/h6-13H,2-5,14-17H2,1H3. The Morgan fingerprint density at radius 1 is 1.03 bits per heavy atom. The van der Waals surface area contributed by atoms with E-state index < -0.39 is 18.2 Å². The minimum Gasteiger partial charge on any atom is -0.460 e. The fraction of sp³-hybridized carbons (Fsp3) is 0.346. The van der Waals surface area contributed by atoms with Crippen LogP contribution in [0.2, 0.25) is 0 Å². The zero-order valence-corrected chi connectivity index (χ0v) is 22.1. The molecule has 1 aromatic heterocycles. The number of carbonyl (C=O) groups is 1. The number of hydrogen-bond acceptors (Lipinski definition) is 6. The zero-order valence-electron chi connectivity index (χ0n) is 20.4. The summed E-state index contributed by atoms with van der Waals surface area (Å²) in [4.78, 5) is 17.1. The van der Waals surface area contributed by atoms with Crippen LogP contribution in [0.4, 0.5) is 14.6 Å². The van der Waals surface area contributed by atoms with Gasteiger partial charge in [-0.2, -0.15) is 10.1 Å². The van der Waals surface area contributed by atoms with E-state index in [0.717, 1.165) is 49.8 Å². The van der Waals surface area contributed by atoms with Gasteiger partial charge in [-0.15, -0.1) is 0 Å². The molecular weight excluding hydrogens is 517 g/mol. The van der Waals surface area contributed by atoms with Crippen molar-refractivity contribution < 1.29 is 22.8 Å². The van der Waals surface area contributed by atoms with Crippen molar-refractivity contribution in [3.05, 3.63) is 77.0 Å². The van der Waals surface area contributed by atoms with Crippen molar-refractivity contribution >= 4 is 41.2 Å². The van der Waals surface area contributed by atoms with Gasteiger partial charge in [-0.1, -0.05) is 12.8 Å². The van der Waals surface area contributed by atoms with Gasteiger partial charge in [0.2, 0.25) is 12.3 Å². The molecule has 37 heavy (non-hydrogen) atoms. The second kappa shape index (κ2) is 10.8. The predicted molar refractivity (Wildman–Crippen MR) is 141 cm³/mol. The second-order valence-corrected chi connectivity index (χ2v) is 12.7. The molecule has 1 saturated heterocycles. The zero-order chi connectivity index (χ0) is 26.0. The molecule has 2 aromatic carbocycles. The van der Waals surface area contributed by atoms with Gasteiger partial charge in [0.25, 0.3) is 0 Å². The van der Waals surface area contributed by atoms with Gasteiger partial charge in [-0.05, 0) is 80.1 Å². The van der Waals surface area contributed by atoms with Crippen LogP contribution in [-0.2, 0) is 27.6 Å². The third-order valence-electron chi connectivity index (χ3n) is 6.43. The van der Waals surface area contributed by atoms with Crippen LogP contribution in [0.15, 0.2) is 53.5 Å². The monoisotopic (exact) mass is 544 g/mol. The van der Waals surface area contributed by atoms with Crippen LogP contribution in [0.25, 0.3) is 0 Å². The summed E-state index contributed by atoms with van der Waals surface area (Å²) in [6, 6.07) is 11.2. The van der Waals surface area contributed by atoms with Crippen molar-refractivity contribution in [3.63, 3.8) is 0 Å². The fourth-order valence-electron chi connectivity index (χ4n) is 4.56. The number of ether oxygens (including phenoxy) is 1. The molecule has 0 saturated carbocycles. The van der Waals surface area contributed by atoms with Crippen LogP contribution < -0.4 is 5.30 Å². The maximum absolute atomic E-state index is 13.6. The number of aryl methyl sites for hydroxylation is 1. The number of carbonyl (C=O) groups excluding carboxylic acids is 1. The Kier molecular flexibility index (Phi) is 7.51. The lowest BCUT2D eigenvalue weighted by molar-refractivity contribution is 0.0488. The van der Waals surface area contributed by atoms with E-state index in [2.05, 4.69) is 4.67 Å². The first-order chi connectivity index (χ1) is 17.8. The second-order valence-electron chi connectivity index (χ2n) is 9.03. The van der Waals surface area contributed by atoms with Crippen molar-refractivity contribution in [2.45, 2.75) is 39.2 Å². The topological polar surface area (TPSA) is 69.0 Å². The normalized spacial score (nSPS) is 19.9. The molecule has 3 aromatic rings. The van der Waals surface area contributed by atoms with Gasteiger partial charge in [0, 0.05) is 18.7 Å². The number of esters is 1. The summed E-state index contributed by atoms with van der Waals surface area (Å²) in [5.41, 5.74) is 1.63. The number of halogens is 2. The Hall–Kier alpha value is -2.94. The Labute approximate surface area is 219 Å². The average molecular weight is 545 g/mol. The van der Waals surface area contributed by atoms with E-state index in [4.69, 9.17) is 31.2 Å². The summed E-state index contributed by atoms with van der Waals surface area (Å²) in [6.07, 6.45) is 1.62.